The summed E-state index contributed by atoms with van der Waals surface area (Å²) in [5.74, 6) is -0.0546. The molecule has 2 rings (SSSR count). The molecule has 2 nitrogen and oxygen atoms in total. The first-order valence-corrected chi connectivity index (χ1v) is 8.00. The number of carbonyl (C=O) groups excluding carboxylic acids is 1. The molecule has 0 aliphatic carbocycles. The van der Waals surface area contributed by atoms with Crippen LogP contribution in [0.25, 0.3) is 0 Å². The van der Waals surface area contributed by atoms with Crippen LogP contribution in [-0.2, 0) is 0 Å². The Bertz CT molecular complexity index is 596. The molecular formula is C16H15Br2NO. The first-order chi connectivity index (χ1) is 9.60. The minimum Gasteiger partial charge on any atom is -0.345 e. The van der Waals surface area contributed by atoms with Gasteiger partial charge in [-0.2, -0.15) is 0 Å². The van der Waals surface area contributed by atoms with Gasteiger partial charge in [-0.3, -0.25) is 4.79 Å². The second-order valence-electron chi connectivity index (χ2n) is 4.50. The Morgan fingerprint density at radius 2 is 1.80 bits per heavy atom. The van der Waals surface area contributed by atoms with Crippen LogP contribution in [0, 0.1) is 0 Å². The molecule has 0 aromatic heterocycles. The molecule has 4 heteroatoms. The molecule has 0 fully saturated rings. The maximum Gasteiger partial charge on any atom is 0.251 e. The van der Waals surface area contributed by atoms with Gasteiger partial charge >= 0.3 is 0 Å². The lowest BCUT2D eigenvalue weighted by Crippen LogP contribution is -2.28. The Morgan fingerprint density at radius 1 is 1.10 bits per heavy atom. The number of hydrogen-bond donors (Lipinski definition) is 1. The Kier molecular flexibility index (Phi) is 5.38. The van der Waals surface area contributed by atoms with Crippen molar-refractivity contribution in [2.24, 2.45) is 0 Å². The molecule has 1 amide bonds. The zero-order chi connectivity index (χ0) is 14.5. The summed E-state index contributed by atoms with van der Waals surface area (Å²) in [4.78, 5) is 12.3. The first-order valence-electron chi connectivity index (χ1n) is 6.42. The fraction of sp³-hybridized carbons (Fsp3) is 0.188. The molecule has 20 heavy (non-hydrogen) atoms. The van der Waals surface area contributed by atoms with Crippen LogP contribution in [0.3, 0.4) is 0 Å². The van der Waals surface area contributed by atoms with Crippen molar-refractivity contribution < 1.29 is 4.79 Å². The van der Waals surface area contributed by atoms with Crippen LogP contribution < -0.4 is 5.32 Å². The molecule has 0 saturated heterocycles. The topological polar surface area (TPSA) is 29.1 Å². The molecule has 0 heterocycles. The van der Waals surface area contributed by atoms with Crippen LogP contribution in [0.1, 0.15) is 35.3 Å². The number of hydrogen-bond acceptors (Lipinski definition) is 1. The van der Waals surface area contributed by atoms with Crippen LogP contribution in [0.4, 0.5) is 0 Å². The van der Waals surface area contributed by atoms with Gasteiger partial charge < -0.3 is 5.32 Å². The van der Waals surface area contributed by atoms with Crippen molar-refractivity contribution in [2.75, 3.05) is 0 Å². The van der Waals surface area contributed by atoms with Gasteiger partial charge in [-0.05, 0) is 42.3 Å². The second-order valence-corrected chi connectivity index (χ2v) is 6.33. The van der Waals surface area contributed by atoms with E-state index in [1.54, 1.807) is 0 Å². The van der Waals surface area contributed by atoms with Crippen molar-refractivity contribution >= 4 is 37.8 Å². The van der Waals surface area contributed by atoms with E-state index in [1.807, 2.05) is 48.5 Å². The van der Waals surface area contributed by atoms with Gasteiger partial charge in [0.05, 0.1) is 6.04 Å². The summed E-state index contributed by atoms with van der Waals surface area (Å²) >= 11 is 6.80. The normalized spacial score (nSPS) is 11.9. The predicted octanol–water partition coefficient (Wildman–Crippen LogP) is 5.09. The highest BCUT2D eigenvalue weighted by molar-refractivity contribution is 9.10. The van der Waals surface area contributed by atoms with Gasteiger partial charge in [0.25, 0.3) is 5.91 Å². The van der Waals surface area contributed by atoms with Crippen molar-refractivity contribution in [2.45, 2.75) is 19.4 Å². The van der Waals surface area contributed by atoms with E-state index < -0.39 is 0 Å². The molecule has 0 aliphatic rings. The lowest BCUT2D eigenvalue weighted by molar-refractivity contribution is 0.0935. The zero-order valence-corrected chi connectivity index (χ0v) is 14.2. The summed E-state index contributed by atoms with van der Waals surface area (Å²) in [5.41, 5.74) is 1.77. The number of benzene rings is 2. The lowest BCUT2D eigenvalue weighted by atomic mass is 10.0. The average molecular weight is 397 g/mol. The van der Waals surface area contributed by atoms with Crippen LogP contribution in [0.15, 0.2) is 57.5 Å². The van der Waals surface area contributed by atoms with E-state index in [9.17, 15) is 4.79 Å². The second kappa shape index (κ2) is 7.04. The number of rotatable bonds is 4. The van der Waals surface area contributed by atoms with E-state index in [-0.39, 0.29) is 11.9 Å². The maximum absolute atomic E-state index is 12.3. The van der Waals surface area contributed by atoms with Gasteiger partial charge in [-0.25, -0.2) is 0 Å². The third-order valence-electron chi connectivity index (χ3n) is 3.07. The largest absolute Gasteiger partial charge is 0.345 e. The van der Waals surface area contributed by atoms with Crippen LogP contribution >= 0.6 is 31.9 Å². The SMILES string of the molecule is CCC(NC(=O)c1cccc(Br)c1)c1ccc(Br)cc1. The van der Waals surface area contributed by atoms with E-state index in [0.717, 1.165) is 20.9 Å². The third kappa shape index (κ3) is 3.93. The van der Waals surface area contributed by atoms with Crippen LogP contribution in [0.5, 0.6) is 0 Å². The minimum atomic E-state index is -0.0546. The van der Waals surface area contributed by atoms with Gasteiger partial charge in [0.15, 0.2) is 0 Å². The number of halogens is 2. The van der Waals surface area contributed by atoms with E-state index in [0.29, 0.717) is 5.56 Å². The van der Waals surface area contributed by atoms with Crippen molar-refractivity contribution in [1.82, 2.24) is 5.32 Å². The van der Waals surface area contributed by atoms with Gasteiger partial charge in [-0.15, -0.1) is 0 Å². The predicted molar refractivity (Wildman–Crippen MR) is 88.8 cm³/mol. The molecule has 0 bridgehead atoms. The zero-order valence-electron chi connectivity index (χ0n) is 11.1. The monoisotopic (exact) mass is 395 g/mol. The van der Waals surface area contributed by atoms with Crippen LogP contribution in [0.2, 0.25) is 0 Å². The lowest BCUT2D eigenvalue weighted by Gasteiger charge is -2.17. The van der Waals surface area contributed by atoms with E-state index in [2.05, 4.69) is 44.1 Å². The summed E-state index contributed by atoms with van der Waals surface area (Å²) < 4.78 is 1.94. The number of amides is 1. The van der Waals surface area contributed by atoms with Crippen molar-refractivity contribution in [3.8, 4) is 0 Å². The summed E-state index contributed by atoms with van der Waals surface area (Å²) in [6.45, 7) is 2.06. The Hall–Kier alpha value is -1.13. The molecule has 0 saturated carbocycles. The molecule has 0 aliphatic heterocycles. The fourth-order valence-electron chi connectivity index (χ4n) is 1.99. The molecular weight excluding hydrogens is 382 g/mol. The summed E-state index contributed by atoms with van der Waals surface area (Å²) in [5, 5.41) is 3.07. The Morgan fingerprint density at radius 3 is 2.40 bits per heavy atom. The van der Waals surface area contributed by atoms with Gasteiger partial charge in [0, 0.05) is 14.5 Å². The third-order valence-corrected chi connectivity index (χ3v) is 4.09. The highest BCUT2D eigenvalue weighted by Gasteiger charge is 2.14. The van der Waals surface area contributed by atoms with E-state index in [1.165, 1.54) is 0 Å². The van der Waals surface area contributed by atoms with Gasteiger partial charge in [0.2, 0.25) is 0 Å². The number of nitrogens with one attached hydrogen (secondary N) is 1. The summed E-state index contributed by atoms with van der Waals surface area (Å²) in [6, 6.07) is 15.5. The molecule has 2 aromatic rings. The fourth-order valence-corrected chi connectivity index (χ4v) is 2.65. The average Bonchev–Trinajstić information content (AvgIpc) is 2.45. The highest BCUT2D eigenvalue weighted by Crippen LogP contribution is 2.20. The van der Waals surface area contributed by atoms with Crippen molar-refractivity contribution in [3.05, 3.63) is 68.6 Å². The molecule has 0 spiro atoms. The first kappa shape index (κ1) is 15.3. The minimum absolute atomic E-state index is 0.0228. The number of carbonyl (C=O) groups is 1. The molecule has 1 atom stereocenters. The van der Waals surface area contributed by atoms with Crippen LogP contribution in [-0.4, -0.2) is 5.91 Å². The van der Waals surface area contributed by atoms with E-state index >= 15 is 0 Å². The van der Waals surface area contributed by atoms with Crippen molar-refractivity contribution in [3.63, 3.8) is 0 Å². The highest BCUT2D eigenvalue weighted by atomic mass is 79.9. The van der Waals surface area contributed by atoms with Gasteiger partial charge in [-0.1, -0.05) is 57.0 Å². The Balaban J connectivity index is 2.14. The maximum atomic E-state index is 12.3. The molecule has 104 valence electrons. The molecule has 2 aromatic carbocycles. The molecule has 1 unspecified atom stereocenters. The molecule has 0 radical (unpaired) electrons. The Labute approximate surface area is 135 Å². The summed E-state index contributed by atoms with van der Waals surface area (Å²) in [6.07, 6.45) is 0.849. The van der Waals surface area contributed by atoms with E-state index in [4.69, 9.17) is 0 Å². The van der Waals surface area contributed by atoms with Crippen molar-refractivity contribution in [1.29, 1.82) is 0 Å². The summed E-state index contributed by atoms with van der Waals surface area (Å²) in [7, 11) is 0. The molecule has 1 N–H and O–H groups in total. The quantitative estimate of drug-likeness (QED) is 0.765. The smallest absolute Gasteiger partial charge is 0.251 e. The standard InChI is InChI=1S/C16H15Br2NO/c1-2-15(11-6-8-13(17)9-7-11)19-16(20)12-4-3-5-14(18)10-12/h3-10,15H,2H2,1H3,(H,19,20). The van der Waals surface area contributed by atoms with Gasteiger partial charge in [0.1, 0.15) is 0 Å².